The summed E-state index contributed by atoms with van der Waals surface area (Å²) < 4.78 is 37.5. The molecule has 0 radical (unpaired) electrons. The van der Waals surface area contributed by atoms with Gasteiger partial charge in [-0.15, -0.1) is 0 Å². The molecule has 2 aliphatic rings. The lowest BCUT2D eigenvalue weighted by Crippen LogP contribution is -2.31. The summed E-state index contributed by atoms with van der Waals surface area (Å²) in [5, 5.41) is 9.47. The van der Waals surface area contributed by atoms with Gasteiger partial charge in [0.15, 0.2) is 0 Å². The first kappa shape index (κ1) is 13.5. The van der Waals surface area contributed by atoms with Crippen LogP contribution >= 0.6 is 0 Å². The van der Waals surface area contributed by atoms with Crippen molar-refractivity contribution in [3.8, 4) is 0 Å². The van der Waals surface area contributed by atoms with Crippen LogP contribution in [-0.2, 0) is 17.4 Å². The number of halogens is 3. The lowest BCUT2D eigenvalue weighted by molar-refractivity contribution is -0.149. The molecular weight excluding hydrogens is 269 g/mol. The SMILES string of the molecule is O=C(O)C1(Cc2ccc(C(F)(F)F)cc2)CC2CC2C1. The zero-order chi connectivity index (χ0) is 14.5. The quantitative estimate of drug-likeness (QED) is 0.917. The Kier molecular flexibility index (Phi) is 2.85. The number of carbonyl (C=O) groups is 1. The van der Waals surface area contributed by atoms with E-state index in [0.29, 0.717) is 36.7 Å². The molecule has 0 bridgehead atoms. The molecule has 2 aliphatic carbocycles. The second-order valence-electron chi connectivity index (χ2n) is 6.12. The summed E-state index contributed by atoms with van der Waals surface area (Å²) in [5.74, 6) is 0.214. The lowest BCUT2D eigenvalue weighted by atomic mass is 9.77. The molecule has 1 aromatic carbocycles. The Labute approximate surface area is 114 Å². The number of alkyl halides is 3. The maximum atomic E-state index is 12.5. The van der Waals surface area contributed by atoms with E-state index in [1.54, 1.807) is 0 Å². The van der Waals surface area contributed by atoms with E-state index in [0.717, 1.165) is 18.6 Å². The number of carboxylic acid groups (broad SMARTS) is 1. The molecule has 1 aromatic rings. The molecule has 3 rings (SSSR count). The molecular formula is C15H15F3O2. The number of aliphatic carboxylic acids is 1. The summed E-state index contributed by atoms with van der Waals surface area (Å²) in [4.78, 5) is 11.5. The van der Waals surface area contributed by atoms with Gasteiger partial charge in [0.05, 0.1) is 11.0 Å². The Hall–Kier alpha value is -1.52. The van der Waals surface area contributed by atoms with Crippen LogP contribution in [0.15, 0.2) is 24.3 Å². The van der Waals surface area contributed by atoms with E-state index in [2.05, 4.69) is 0 Å². The molecule has 2 nitrogen and oxygen atoms in total. The summed E-state index contributed by atoms with van der Waals surface area (Å²) in [6, 6.07) is 4.86. The fourth-order valence-electron chi connectivity index (χ4n) is 3.49. The van der Waals surface area contributed by atoms with Crippen LogP contribution in [0.3, 0.4) is 0 Å². The predicted octanol–water partition coefficient (Wildman–Crippen LogP) is 3.75. The molecule has 0 spiro atoms. The molecule has 108 valence electrons. The van der Waals surface area contributed by atoms with Crippen molar-refractivity contribution in [1.82, 2.24) is 0 Å². The van der Waals surface area contributed by atoms with Gasteiger partial charge in [0.2, 0.25) is 0 Å². The van der Waals surface area contributed by atoms with Crippen LogP contribution < -0.4 is 0 Å². The van der Waals surface area contributed by atoms with E-state index in [1.807, 2.05) is 0 Å². The molecule has 20 heavy (non-hydrogen) atoms. The van der Waals surface area contributed by atoms with E-state index in [4.69, 9.17) is 0 Å². The molecule has 2 atom stereocenters. The Bertz CT molecular complexity index is 523. The average molecular weight is 284 g/mol. The highest BCUT2D eigenvalue weighted by atomic mass is 19.4. The van der Waals surface area contributed by atoms with Gasteiger partial charge in [-0.05, 0) is 55.2 Å². The topological polar surface area (TPSA) is 37.3 Å². The standard InChI is InChI=1S/C15H15F3O2/c16-15(17,18)12-3-1-9(2-4-12)6-14(13(19)20)7-10-5-11(10)8-14/h1-4,10-11H,5-8H2,(H,19,20). The molecule has 1 N–H and O–H groups in total. The highest BCUT2D eigenvalue weighted by molar-refractivity contribution is 5.76. The highest BCUT2D eigenvalue weighted by Gasteiger charge is 2.57. The largest absolute Gasteiger partial charge is 0.481 e. The van der Waals surface area contributed by atoms with Crippen molar-refractivity contribution in [2.75, 3.05) is 0 Å². The van der Waals surface area contributed by atoms with Crippen LogP contribution in [0.25, 0.3) is 0 Å². The molecule has 0 heterocycles. The van der Waals surface area contributed by atoms with Crippen LogP contribution in [0, 0.1) is 17.3 Å². The molecule has 0 aliphatic heterocycles. The van der Waals surface area contributed by atoms with Crippen molar-refractivity contribution in [3.05, 3.63) is 35.4 Å². The van der Waals surface area contributed by atoms with Crippen molar-refractivity contribution in [1.29, 1.82) is 0 Å². The van der Waals surface area contributed by atoms with Crippen molar-refractivity contribution in [2.24, 2.45) is 17.3 Å². The molecule has 0 saturated heterocycles. The monoisotopic (exact) mass is 284 g/mol. The minimum absolute atomic E-state index is 0.327. The minimum Gasteiger partial charge on any atom is -0.481 e. The van der Waals surface area contributed by atoms with Gasteiger partial charge in [0, 0.05) is 0 Å². The van der Waals surface area contributed by atoms with Crippen LogP contribution in [0.5, 0.6) is 0 Å². The number of carboxylic acids is 1. The van der Waals surface area contributed by atoms with Crippen molar-refractivity contribution in [2.45, 2.75) is 31.9 Å². The van der Waals surface area contributed by atoms with Gasteiger partial charge in [0.25, 0.3) is 0 Å². The summed E-state index contributed by atoms with van der Waals surface area (Å²) in [5.41, 5.74) is -0.797. The van der Waals surface area contributed by atoms with Gasteiger partial charge in [0.1, 0.15) is 0 Å². The summed E-state index contributed by atoms with van der Waals surface area (Å²) in [7, 11) is 0. The predicted molar refractivity (Wildman–Crippen MR) is 66.0 cm³/mol. The number of hydrogen-bond donors (Lipinski definition) is 1. The first-order chi connectivity index (χ1) is 9.30. The summed E-state index contributed by atoms with van der Waals surface area (Å²) >= 11 is 0. The Morgan fingerprint density at radius 3 is 2.20 bits per heavy atom. The van der Waals surface area contributed by atoms with Crippen molar-refractivity contribution >= 4 is 5.97 Å². The van der Waals surface area contributed by atoms with Crippen LogP contribution in [0.4, 0.5) is 13.2 Å². The van der Waals surface area contributed by atoms with Crippen LogP contribution in [0.2, 0.25) is 0 Å². The minimum atomic E-state index is -4.35. The molecule has 0 aromatic heterocycles. The fraction of sp³-hybridized carbons (Fsp3) is 0.533. The van der Waals surface area contributed by atoms with Gasteiger partial charge < -0.3 is 5.11 Å². The number of benzene rings is 1. The first-order valence-electron chi connectivity index (χ1n) is 6.70. The Morgan fingerprint density at radius 2 is 1.75 bits per heavy atom. The highest BCUT2D eigenvalue weighted by Crippen LogP contribution is 2.60. The lowest BCUT2D eigenvalue weighted by Gasteiger charge is -2.26. The van der Waals surface area contributed by atoms with Gasteiger partial charge in [-0.1, -0.05) is 12.1 Å². The maximum absolute atomic E-state index is 12.5. The molecule has 2 saturated carbocycles. The van der Waals surface area contributed by atoms with Gasteiger partial charge >= 0.3 is 12.1 Å². The number of hydrogen-bond acceptors (Lipinski definition) is 1. The smallest absolute Gasteiger partial charge is 0.416 e. The van der Waals surface area contributed by atoms with E-state index in [1.165, 1.54) is 12.1 Å². The molecule has 2 fully saturated rings. The van der Waals surface area contributed by atoms with Crippen molar-refractivity contribution in [3.63, 3.8) is 0 Å². The van der Waals surface area contributed by atoms with Gasteiger partial charge in [-0.3, -0.25) is 4.79 Å². The van der Waals surface area contributed by atoms with Gasteiger partial charge in [-0.25, -0.2) is 0 Å². The molecule has 2 unspecified atom stereocenters. The van der Waals surface area contributed by atoms with Crippen molar-refractivity contribution < 1.29 is 23.1 Å². The van der Waals surface area contributed by atoms with E-state index < -0.39 is 23.1 Å². The third kappa shape index (κ3) is 2.30. The Balaban J connectivity index is 1.78. The first-order valence-corrected chi connectivity index (χ1v) is 6.70. The van der Waals surface area contributed by atoms with Crippen LogP contribution in [-0.4, -0.2) is 11.1 Å². The number of fused-ring (bicyclic) bond motifs is 1. The normalized spacial score (nSPS) is 31.9. The average Bonchev–Trinajstić information content (AvgIpc) is 2.97. The van der Waals surface area contributed by atoms with E-state index >= 15 is 0 Å². The van der Waals surface area contributed by atoms with E-state index in [9.17, 15) is 23.1 Å². The Morgan fingerprint density at radius 1 is 1.20 bits per heavy atom. The summed E-state index contributed by atoms with van der Waals surface area (Å²) in [6.45, 7) is 0. The maximum Gasteiger partial charge on any atom is 0.416 e. The third-order valence-electron chi connectivity index (χ3n) is 4.65. The second-order valence-corrected chi connectivity index (χ2v) is 6.12. The van der Waals surface area contributed by atoms with Gasteiger partial charge in [-0.2, -0.15) is 13.2 Å². The zero-order valence-electron chi connectivity index (χ0n) is 10.8. The molecule has 0 amide bonds. The zero-order valence-corrected chi connectivity index (χ0v) is 10.8. The van der Waals surface area contributed by atoms with Crippen LogP contribution in [0.1, 0.15) is 30.4 Å². The fourth-order valence-corrected chi connectivity index (χ4v) is 3.49. The number of rotatable bonds is 3. The summed E-state index contributed by atoms with van der Waals surface area (Å²) in [6.07, 6.45) is -1.59. The third-order valence-corrected chi connectivity index (χ3v) is 4.65. The second kappa shape index (κ2) is 4.24. The molecule has 5 heteroatoms. The van der Waals surface area contributed by atoms with E-state index in [-0.39, 0.29) is 0 Å².